The number of rotatable bonds is 3. The van der Waals surface area contributed by atoms with E-state index in [1.165, 1.54) is 5.56 Å². The van der Waals surface area contributed by atoms with Crippen molar-refractivity contribution in [3.8, 4) is 0 Å². The Hall–Kier alpha value is -1.87. The Labute approximate surface area is 139 Å². The van der Waals surface area contributed by atoms with E-state index in [0.717, 1.165) is 41.3 Å². The van der Waals surface area contributed by atoms with Crippen LogP contribution < -0.4 is 5.46 Å². The summed E-state index contributed by atoms with van der Waals surface area (Å²) in [5, 5.41) is 10.1. The second kappa shape index (κ2) is 8.12. The van der Waals surface area contributed by atoms with Crippen molar-refractivity contribution in [2.24, 2.45) is 0 Å². The van der Waals surface area contributed by atoms with Crippen LogP contribution in [0, 0.1) is 6.92 Å². The molecule has 2 aromatic carbocycles. The number of carbonyl (C=O) groups is 1. The fourth-order valence-corrected chi connectivity index (χ4v) is 2.96. The standard InChI is InChI=1S/C18H19BO2.C2H6/c1-13-4-7-16(8-5-13)18(20)12-14-6-9-15-3-2-10-19(21)17(15)11-14;1-2/h4-9,11,21H,2-3,10,12H2,1H3;1-2H3. The summed E-state index contributed by atoms with van der Waals surface area (Å²) < 4.78 is 0. The van der Waals surface area contributed by atoms with Gasteiger partial charge in [-0.15, -0.1) is 0 Å². The summed E-state index contributed by atoms with van der Waals surface area (Å²) in [5.41, 5.74) is 5.12. The number of hydrogen-bond donors (Lipinski definition) is 1. The zero-order valence-corrected chi connectivity index (χ0v) is 14.3. The monoisotopic (exact) mass is 308 g/mol. The van der Waals surface area contributed by atoms with Crippen molar-refractivity contribution in [1.82, 2.24) is 0 Å². The van der Waals surface area contributed by atoms with Gasteiger partial charge in [-0.05, 0) is 30.7 Å². The van der Waals surface area contributed by atoms with E-state index in [-0.39, 0.29) is 12.7 Å². The van der Waals surface area contributed by atoms with Crippen molar-refractivity contribution in [3.05, 3.63) is 64.7 Å². The summed E-state index contributed by atoms with van der Waals surface area (Å²) in [6, 6.07) is 13.8. The maximum atomic E-state index is 12.3. The van der Waals surface area contributed by atoms with Crippen molar-refractivity contribution < 1.29 is 9.82 Å². The number of Topliss-reactive ketones (excluding diaryl/α,β-unsaturated/α-hetero) is 1. The summed E-state index contributed by atoms with van der Waals surface area (Å²) >= 11 is 0. The maximum absolute atomic E-state index is 12.3. The van der Waals surface area contributed by atoms with Gasteiger partial charge in [0.05, 0.1) is 0 Å². The van der Waals surface area contributed by atoms with Crippen molar-refractivity contribution in [2.45, 2.75) is 46.4 Å². The molecule has 0 aromatic heterocycles. The second-order valence-electron chi connectivity index (χ2n) is 5.91. The van der Waals surface area contributed by atoms with Crippen LogP contribution >= 0.6 is 0 Å². The lowest BCUT2D eigenvalue weighted by Crippen LogP contribution is -2.36. The van der Waals surface area contributed by atoms with Gasteiger partial charge in [0.25, 0.3) is 0 Å². The summed E-state index contributed by atoms with van der Waals surface area (Å²) in [6.07, 6.45) is 3.28. The quantitative estimate of drug-likeness (QED) is 0.695. The number of carbonyl (C=O) groups excluding carboxylic acids is 1. The third-order valence-electron chi connectivity index (χ3n) is 4.23. The molecule has 2 nitrogen and oxygen atoms in total. The molecule has 1 aliphatic heterocycles. The van der Waals surface area contributed by atoms with E-state index in [2.05, 4.69) is 6.07 Å². The highest BCUT2D eigenvalue weighted by Crippen LogP contribution is 2.16. The molecule has 1 N–H and O–H groups in total. The summed E-state index contributed by atoms with van der Waals surface area (Å²) in [4.78, 5) is 12.3. The van der Waals surface area contributed by atoms with Gasteiger partial charge in [-0.2, -0.15) is 0 Å². The lowest BCUT2D eigenvalue weighted by molar-refractivity contribution is 0.0993. The molecule has 120 valence electrons. The fraction of sp³-hybridized carbons (Fsp3) is 0.350. The molecule has 0 atom stereocenters. The zero-order chi connectivity index (χ0) is 16.8. The zero-order valence-electron chi connectivity index (χ0n) is 14.3. The Bertz CT molecular complexity index is 662. The normalized spacial score (nSPS) is 13.0. The van der Waals surface area contributed by atoms with Crippen LogP contribution in [-0.4, -0.2) is 17.7 Å². The highest BCUT2D eigenvalue weighted by atomic mass is 16.2. The molecule has 3 rings (SSSR count). The molecule has 0 bridgehead atoms. The van der Waals surface area contributed by atoms with Crippen LogP contribution in [0.4, 0.5) is 0 Å². The van der Waals surface area contributed by atoms with E-state index >= 15 is 0 Å². The highest BCUT2D eigenvalue weighted by molar-refractivity contribution is 6.67. The Balaban J connectivity index is 0.000000924. The number of hydrogen-bond acceptors (Lipinski definition) is 2. The van der Waals surface area contributed by atoms with E-state index in [0.29, 0.717) is 6.42 Å². The smallest absolute Gasteiger partial charge is 0.323 e. The van der Waals surface area contributed by atoms with Gasteiger partial charge in [0.2, 0.25) is 0 Å². The van der Waals surface area contributed by atoms with Crippen molar-refractivity contribution in [2.75, 3.05) is 0 Å². The minimum Gasteiger partial charge on any atom is -0.446 e. The molecule has 0 saturated heterocycles. The van der Waals surface area contributed by atoms with Gasteiger partial charge in [0.1, 0.15) is 0 Å². The van der Waals surface area contributed by atoms with Crippen LogP contribution in [0.2, 0.25) is 6.32 Å². The molecule has 0 spiro atoms. The Morgan fingerprint density at radius 3 is 2.52 bits per heavy atom. The van der Waals surface area contributed by atoms with Gasteiger partial charge >= 0.3 is 6.92 Å². The molecular weight excluding hydrogens is 283 g/mol. The van der Waals surface area contributed by atoms with Crippen LogP contribution in [0.25, 0.3) is 0 Å². The van der Waals surface area contributed by atoms with E-state index in [1.54, 1.807) is 0 Å². The Morgan fingerprint density at radius 2 is 1.83 bits per heavy atom. The summed E-state index contributed by atoms with van der Waals surface area (Å²) in [6.45, 7) is 5.64. The topological polar surface area (TPSA) is 37.3 Å². The molecule has 0 aliphatic carbocycles. The van der Waals surface area contributed by atoms with Gasteiger partial charge in [0, 0.05) is 12.0 Å². The summed E-state index contributed by atoms with van der Waals surface area (Å²) in [7, 11) is 0. The predicted molar refractivity (Wildman–Crippen MR) is 97.7 cm³/mol. The van der Waals surface area contributed by atoms with Crippen LogP contribution in [0.15, 0.2) is 42.5 Å². The van der Waals surface area contributed by atoms with Crippen LogP contribution in [0.1, 0.15) is 47.3 Å². The maximum Gasteiger partial charge on any atom is 0.323 e. The van der Waals surface area contributed by atoms with Crippen LogP contribution in [0.5, 0.6) is 0 Å². The SMILES string of the molecule is CC.Cc1ccc(C(=O)Cc2ccc3c(c2)B(O)CCC3)cc1. The lowest BCUT2D eigenvalue weighted by atomic mass is 9.53. The molecule has 0 amide bonds. The summed E-state index contributed by atoms with van der Waals surface area (Å²) in [5.74, 6) is 0.125. The van der Waals surface area contributed by atoms with Crippen molar-refractivity contribution in [3.63, 3.8) is 0 Å². The third kappa shape index (κ3) is 4.32. The molecular formula is C20H25BO2. The second-order valence-corrected chi connectivity index (χ2v) is 5.91. The van der Waals surface area contributed by atoms with Crippen LogP contribution in [0.3, 0.4) is 0 Å². The molecule has 0 radical (unpaired) electrons. The van der Waals surface area contributed by atoms with Gasteiger partial charge < -0.3 is 5.02 Å². The van der Waals surface area contributed by atoms with Gasteiger partial charge in [0.15, 0.2) is 5.78 Å². The first kappa shape index (κ1) is 17.5. The van der Waals surface area contributed by atoms with E-state index in [9.17, 15) is 9.82 Å². The van der Waals surface area contributed by atoms with Gasteiger partial charge in [-0.3, -0.25) is 4.79 Å². The lowest BCUT2D eigenvalue weighted by Gasteiger charge is -2.19. The average molecular weight is 308 g/mol. The Kier molecular flexibility index (Phi) is 6.17. The van der Waals surface area contributed by atoms with Crippen LogP contribution in [-0.2, 0) is 12.8 Å². The van der Waals surface area contributed by atoms with E-state index in [4.69, 9.17) is 0 Å². The average Bonchev–Trinajstić information content (AvgIpc) is 2.58. The highest BCUT2D eigenvalue weighted by Gasteiger charge is 2.22. The largest absolute Gasteiger partial charge is 0.446 e. The molecule has 1 aliphatic rings. The molecule has 23 heavy (non-hydrogen) atoms. The minimum absolute atomic E-state index is 0.125. The minimum atomic E-state index is -0.372. The first-order valence-corrected chi connectivity index (χ1v) is 8.53. The van der Waals surface area contributed by atoms with E-state index < -0.39 is 0 Å². The molecule has 0 unspecified atom stereocenters. The fourth-order valence-electron chi connectivity index (χ4n) is 2.96. The predicted octanol–water partition coefficient (Wildman–Crippen LogP) is 3.58. The number of ketones is 1. The third-order valence-corrected chi connectivity index (χ3v) is 4.23. The van der Waals surface area contributed by atoms with Crippen molar-refractivity contribution >= 4 is 18.2 Å². The molecule has 3 heteroatoms. The molecule has 0 fully saturated rings. The number of aryl methyl sites for hydroxylation is 2. The molecule has 0 saturated carbocycles. The van der Waals surface area contributed by atoms with E-state index in [1.807, 2.05) is 57.2 Å². The van der Waals surface area contributed by atoms with Crippen molar-refractivity contribution in [1.29, 1.82) is 0 Å². The Morgan fingerprint density at radius 1 is 1.13 bits per heavy atom. The first-order valence-electron chi connectivity index (χ1n) is 8.53. The first-order chi connectivity index (χ1) is 11.1. The number of benzene rings is 2. The molecule has 2 aromatic rings. The molecule has 1 heterocycles. The number of fused-ring (bicyclic) bond motifs is 1. The van der Waals surface area contributed by atoms with Gasteiger partial charge in [-0.25, -0.2) is 0 Å². The van der Waals surface area contributed by atoms with Gasteiger partial charge in [-0.1, -0.05) is 73.9 Å².